The Morgan fingerprint density at radius 1 is 1.19 bits per heavy atom. The number of benzene rings is 1. The number of amides is 1. The Labute approximate surface area is 131 Å². The quantitative estimate of drug-likeness (QED) is 0.787. The van der Waals surface area contributed by atoms with Gasteiger partial charge in [-0.25, -0.2) is 4.98 Å². The molecule has 0 atom stereocenters. The van der Waals surface area contributed by atoms with Crippen molar-refractivity contribution >= 4 is 28.6 Å². The van der Waals surface area contributed by atoms with Gasteiger partial charge in [0.05, 0.1) is 17.1 Å². The van der Waals surface area contributed by atoms with Crippen molar-refractivity contribution in [2.75, 3.05) is 0 Å². The second kappa shape index (κ2) is 6.20. The molecule has 0 saturated carbocycles. The molecule has 0 aliphatic carbocycles. The normalized spacial score (nSPS) is 10.5. The standard InChI is InChI=1S/C16H14N2OS2/c1-11-14(21-16(18-11)13-8-5-9-20-13)10-17-15(19)12-6-3-2-4-7-12/h2-9H,10H2,1H3,(H,17,19). The Balaban J connectivity index is 1.70. The Kier molecular flexibility index (Phi) is 4.13. The molecule has 0 spiro atoms. The molecule has 5 heteroatoms. The zero-order chi connectivity index (χ0) is 14.7. The van der Waals surface area contributed by atoms with Gasteiger partial charge in [0.2, 0.25) is 0 Å². The summed E-state index contributed by atoms with van der Waals surface area (Å²) in [5, 5.41) is 6.01. The molecule has 0 aliphatic rings. The zero-order valence-electron chi connectivity index (χ0n) is 11.5. The molecule has 0 fully saturated rings. The number of hydrogen-bond acceptors (Lipinski definition) is 4. The Bertz CT molecular complexity index is 733. The van der Waals surface area contributed by atoms with E-state index in [2.05, 4.69) is 16.4 Å². The van der Waals surface area contributed by atoms with Crippen LogP contribution in [0.5, 0.6) is 0 Å². The van der Waals surface area contributed by atoms with Gasteiger partial charge in [0.25, 0.3) is 5.91 Å². The predicted molar refractivity (Wildman–Crippen MR) is 87.8 cm³/mol. The molecule has 106 valence electrons. The van der Waals surface area contributed by atoms with Gasteiger partial charge in [-0.1, -0.05) is 24.3 Å². The van der Waals surface area contributed by atoms with Crippen LogP contribution in [0.25, 0.3) is 9.88 Å². The summed E-state index contributed by atoms with van der Waals surface area (Å²) in [6.45, 7) is 2.50. The fourth-order valence-electron chi connectivity index (χ4n) is 1.95. The molecule has 0 bridgehead atoms. The van der Waals surface area contributed by atoms with Crippen LogP contribution < -0.4 is 5.32 Å². The molecule has 1 N–H and O–H groups in total. The highest BCUT2D eigenvalue weighted by atomic mass is 32.1. The van der Waals surface area contributed by atoms with Gasteiger partial charge in [0, 0.05) is 10.4 Å². The van der Waals surface area contributed by atoms with Crippen LogP contribution >= 0.6 is 22.7 Å². The first kappa shape index (κ1) is 14.0. The lowest BCUT2D eigenvalue weighted by molar-refractivity contribution is 0.0951. The number of hydrogen-bond donors (Lipinski definition) is 1. The van der Waals surface area contributed by atoms with Gasteiger partial charge in [-0.3, -0.25) is 4.79 Å². The molecule has 3 rings (SSSR count). The van der Waals surface area contributed by atoms with Crippen LogP contribution in [-0.2, 0) is 6.54 Å². The number of rotatable bonds is 4. The van der Waals surface area contributed by atoms with Crippen molar-refractivity contribution in [2.45, 2.75) is 13.5 Å². The van der Waals surface area contributed by atoms with E-state index in [0.717, 1.165) is 15.6 Å². The summed E-state index contributed by atoms with van der Waals surface area (Å²) in [6.07, 6.45) is 0. The van der Waals surface area contributed by atoms with Gasteiger partial charge in [-0.05, 0) is 30.5 Å². The molecule has 21 heavy (non-hydrogen) atoms. The molecule has 0 saturated heterocycles. The van der Waals surface area contributed by atoms with E-state index >= 15 is 0 Å². The van der Waals surface area contributed by atoms with Gasteiger partial charge < -0.3 is 5.32 Å². The van der Waals surface area contributed by atoms with Crippen LogP contribution in [-0.4, -0.2) is 10.9 Å². The van der Waals surface area contributed by atoms with Crippen LogP contribution in [0.4, 0.5) is 0 Å². The third kappa shape index (κ3) is 3.20. The van der Waals surface area contributed by atoms with E-state index in [9.17, 15) is 4.79 Å². The number of nitrogens with one attached hydrogen (secondary N) is 1. The second-order valence-electron chi connectivity index (χ2n) is 4.55. The number of aryl methyl sites for hydroxylation is 1. The number of carbonyl (C=O) groups is 1. The highest BCUT2D eigenvalue weighted by molar-refractivity contribution is 7.21. The first-order chi connectivity index (χ1) is 10.2. The van der Waals surface area contributed by atoms with Crippen LogP contribution in [0.3, 0.4) is 0 Å². The van der Waals surface area contributed by atoms with Crippen LogP contribution in [0.2, 0.25) is 0 Å². The SMILES string of the molecule is Cc1nc(-c2cccs2)sc1CNC(=O)c1ccccc1. The second-order valence-corrected chi connectivity index (χ2v) is 6.58. The van der Waals surface area contributed by atoms with Gasteiger partial charge in [0.15, 0.2) is 0 Å². The van der Waals surface area contributed by atoms with E-state index in [4.69, 9.17) is 0 Å². The van der Waals surface area contributed by atoms with Gasteiger partial charge in [0.1, 0.15) is 5.01 Å². The number of thiazole rings is 1. The van der Waals surface area contributed by atoms with Crippen LogP contribution in [0.1, 0.15) is 20.9 Å². The third-order valence-electron chi connectivity index (χ3n) is 3.07. The van der Waals surface area contributed by atoms with Crippen LogP contribution in [0, 0.1) is 6.92 Å². The molecular formula is C16H14N2OS2. The Morgan fingerprint density at radius 2 is 2.00 bits per heavy atom. The topological polar surface area (TPSA) is 42.0 Å². The molecule has 3 nitrogen and oxygen atoms in total. The summed E-state index contributed by atoms with van der Waals surface area (Å²) >= 11 is 3.32. The molecule has 0 unspecified atom stereocenters. The first-order valence-electron chi connectivity index (χ1n) is 6.57. The molecule has 1 amide bonds. The monoisotopic (exact) mass is 314 g/mol. The number of carbonyl (C=O) groups excluding carboxylic acids is 1. The summed E-state index contributed by atoms with van der Waals surface area (Å²) in [5.74, 6) is -0.0546. The molecular weight excluding hydrogens is 300 g/mol. The predicted octanol–water partition coefficient (Wildman–Crippen LogP) is 4.11. The fraction of sp³-hybridized carbons (Fsp3) is 0.125. The number of nitrogens with zero attached hydrogens (tertiary/aromatic N) is 1. The van der Waals surface area contributed by atoms with Crippen molar-refractivity contribution in [3.05, 3.63) is 64.0 Å². The molecule has 3 aromatic rings. The minimum atomic E-state index is -0.0546. The molecule has 0 radical (unpaired) electrons. The smallest absolute Gasteiger partial charge is 0.251 e. The molecule has 0 aliphatic heterocycles. The highest BCUT2D eigenvalue weighted by Gasteiger charge is 2.11. The van der Waals surface area contributed by atoms with E-state index in [1.807, 2.05) is 48.7 Å². The van der Waals surface area contributed by atoms with Crippen molar-refractivity contribution in [3.8, 4) is 9.88 Å². The molecule has 1 aromatic carbocycles. The lowest BCUT2D eigenvalue weighted by Crippen LogP contribution is -2.22. The first-order valence-corrected chi connectivity index (χ1v) is 8.27. The summed E-state index contributed by atoms with van der Waals surface area (Å²) < 4.78 is 0. The lowest BCUT2D eigenvalue weighted by atomic mass is 10.2. The maximum Gasteiger partial charge on any atom is 0.251 e. The minimum Gasteiger partial charge on any atom is -0.347 e. The Morgan fingerprint density at radius 3 is 2.71 bits per heavy atom. The average molecular weight is 314 g/mol. The fourth-order valence-corrected chi connectivity index (χ4v) is 3.75. The van der Waals surface area contributed by atoms with Crippen molar-refractivity contribution < 1.29 is 4.79 Å². The van der Waals surface area contributed by atoms with Crippen molar-refractivity contribution in [1.82, 2.24) is 10.3 Å². The zero-order valence-corrected chi connectivity index (χ0v) is 13.1. The molecule has 2 aromatic heterocycles. The van der Waals surface area contributed by atoms with E-state index < -0.39 is 0 Å². The number of thiophene rings is 1. The maximum absolute atomic E-state index is 12.0. The highest BCUT2D eigenvalue weighted by Crippen LogP contribution is 2.30. The Hall–Kier alpha value is -1.98. The van der Waals surface area contributed by atoms with E-state index in [-0.39, 0.29) is 5.91 Å². The summed E-state index contributed by atoms with van der Waals surface area (Å²) in [4.78, 5) is 18.9. The maximum atomic E-state index is 12.0. The van der Waals surface area contributed by atoms with Gasteiger partial charge >= 0.3 is 0 Å². The lowest BCUT2D eigenvalue weighted by Gasteiger charge is -2.03. The van der Waals surface area contributed by atoms with Crippen molar-refractivity contribution in [1.29, 1.82) is 0 Å². The van der Waals surface area contributed by atoms with Gasteiger partial charge in [-0.15, -0.1) is 22.7 Å². The van der Waals surface area contributed by atoms with Crippen molar-refractivity contribution in [2.24, 2.45) is 0 Å². The van der Waals surface area contributed by atoms with Crippen LogP contribution in [0.15, 0.2) is 47.8 Å². The average Bonchev–Trinajstić information content (AvgIpc) is 3.15. The largest absolute Gasteiger partial charge is 0.347 e. The van der Waals surface area contributed by atoms with E-state index in [1.54, 1.807) is 22.7 Å². The third-order valence-corrected chi connectivity index (χ3v) is 5.27. The summed E-state index contributed by atoms with van der Waals surface area (Å²) in [7, 11) is 0. The van der Waals surface area contributed by atoms with Gasteiger partial charge in [-0.2, -0.15) is 0 Å². The van der Waals surface area contributed by atoms with E-state index in [1.165, 1.54) is 4.88 Å². The summed E-state index contributed by atoms with van der Waals surface area (Å²) in [5.41, 5.74) is 1.66. The summed E-state index contributed by atoms with van der Waals surface area (Å²) in [6, 6.07) is 13.3. The van der Waals surface area contributed by atoms with Crippen molar-refractivity contribution in [3.63, 3.8) is 0 Å². The van der Waals surface area contributed by atoms with E-state index in [0.29, 0.717) is 12.1 Å². The molecule has 2 heterocycles. The number of aromatic nitrogens is 1. The minimum absolute atomic E-state index is 0.0546.